The Morgan fingerprint density at radius 3 is 2.44 bits per heavy atom. The molecule has 138 valence electrons. The molecule has 0 bridgehead atoms. The van der Waals surface area contributed by atoms with Gasteiger partial charge in [0, 0.05) is 56.1 Å². The molecule has 0 spiro atoms. The van der Waals surface area contributed by atoms with Crippen LogP contribution < -0.4 is 10.5 Å². The average Bonchev–Trinajstić information content (AvgIpc) is 2.71. The van der Waals surface area contributed by atoms with Crippen LogP contribution in [-0.4, -0.2) is 37.8 Å². The minimum atomic E-state index is -0.0634. The van der Waals surface area contributed by atoms with Crippen LogP contribution in [0.15, 0.2) is 58.3 Å². The Kier molecular flexibility index (Phi) is 5.24. The summed E-state index contributed by atoms with van der Waals surface area (Å²) in [7, 11) is 0. The molecule has 1 aliphatic rings. The Balaban J connectivity index is 1.43. The van der Waals surface area contributed by atoms with Crippen LogP contribution in [0.4, 0.5) is 5.95 Å². The fourth-order valence-corrected chi connectivity index (χ4v) is 3.49. The quantitative estimate of drug-likeness (QED) is 0.638. The molecular formula is C19H19BrN6O. The molecule has 7 nitrogen and oxygen atoms in total. The zero-order chi connectivity index (χ0) is 18.6. The van der Waals surface area contributed by atoms with Crippen molar-refractivity contribution < 1.29 is 0 Å². The van der Waals surface area contributed by atoms with Gasteiger partial charge in [0.25, 0.3) is 5.56 Å². The van der Waals surface area contributed by atoms with E-state index in [-0.39, 0.29) is 5.56 Å². The normalized spacial score (nSPS) is 15.1. The smallest absolute Gasteiger partial charge is 0.266 e. The summed E-state index contributed by atoms with van der Waals surface area (Å²) in [5.74, 6) is 1.17. The molecule has 0 aliphatic carbocycles. The van der Waals surface area contributed by atoms with Gasteiger partial charge in [-0.05, 0) is 52.9 Å². The second-order valence-electron chi connectivity index (χ2n) is 6.61. The summed E-state index contributed by atoms with van der Waals surface area (Å²) in [6.45, 7) is 2.39. The van der Waals surface area contributed by atoms with Gasteiger partial charge in [0.1, 0.15) is 0 Å². The molecule has 8 heteroatoms. The van der Waals surface area contributed by atoms with Gasteiger partial charge in [-0.3, -0.25) is 9.78 Å². The third kappa shape index (κ3) is 4.21. The van der Waals surface area contributed by atoms with Crippen LogP contribution in [0.5, 0.6) is 0 Å². The predicted octanol–water partition coefficient (Wildman–Crippen LogP) is 2.77. The molecule has 4 rings (SSSR count). The van der Waals surface area contributed by atoms with Crippen molar-refractivity contribution in [2.75, 3.05) is 18.0 Å². The van der Waals surface area contributed by atoms with E-state index in [1.54, 1.807) is 41.6 Å². The van der Waals surface area contributed by atoms with Crippen LogP contribution in [-0.2, 0) is 6.54 Å². The minimum absolute atomic E-state index is 0.0634. The molecule has 3 aromatic heterocycles. The molecule has 3 aromatic rings. The first kappa shape index (κ1) is 17.8. The number of hydrogen-bond acceptors (Lipinski definition) is 6. The highest BCUT2D eigenvalue weighted by Gasteiger charge is 2.22. The van der Waals surface area contributed by atoms with Gasteiger partial charge in [0.15, 0.2) is 0 Å². The highest BCUT2D eigenvalue weighted by molar-refractivity contribution is 9.10. The topological polar surface area (TPSA) is 76.8 Å². The maximum atomic E-state index is 12.2. The van der Waals surface area contributed by atoms with E-state index in [4.69, 9.17) is 0 Å². The van der Waals surface area contributed by atoms with E-state index in [2.05, 4.69) is 40.9 Å². The summed E-state index contributed by atoms with van der Waals surface area (Å²) >= 11 is 3.36. The number of aromatic nitrogens is 5. The summed E-state index contributed by atoms with van der Waals surface area (Å²) in [6.07, 6.45) is 8.95. The molecule has 0 atom stereocenters. The van der Waals surface area contributed by atoms with Gasteiger partial charge in [-0.15, -0.1) is 0 Å². The maximum Gasteiger partial charge on any atom is 0.266 e. The third-order valence-corrected chi connectivity index (χ3v) is 5.19. The van der Waals surface area contributed by atoms with E-state index < -0.39 is 0 Å². The fraction of sp³-hybridized carbons (Fsp3) is 0.316. The summed E-state index contributed by atoms with van der Waals surface area (Å²) in [5, 5.41) is 4.56. The molecule has 0 N–H and O–H groups in total. The molecule has 0 radical (unpaired) electrons. The number of hydrogen-bond donors (Lipinski definition) is 0. The van der Waals surface area contributed by atoms with Crippen LogP contribution in [0.25, 0.3) is 11.3 Å². The first-order valence-electron chi connectivity index (χ1n) is 8.90. The van der Waals surface area contributed by atoms with Crippen molar-refractivity contribution in [3.63, 3.8) is 0 Å². The summed E-state index contributed by atoms with van der Waals surface area (Å²) in [5.41, 5.74) is 1.69. The van der Waals surface area contributed by atoms with Gasteiger partial charge in [0.2, 0.25) is 5.95 Å². The lowest BCUT2D eigenvalue weighted by atomic mass is 9.97. The van der Waals surface area contributed by atoms with E-state index in [1.807, 2.05) is 12.1 Å². The summed E-state index contributed by atoms with van der Waals surface area (Å²) < 4.78 is 2.47. The maximum absolute atomic E-state index is 12.2. The first-order valence-corrected chi connectivity index (χ1v) is 9.69. The highest BCUT2D eigenvalue weighted by Crippen LogP contribution is 2.22. The lowest BCUT2D eigenvalue weighted by Crippen LogP contribution is -2.37. The van der Waals surface area contributed by atoms with Crippen LogP contribution in [0, 0.1) is 5.92 Å². The van der Waals surface area contributed by atoms with Crippen molar-refractivity contribution in [2.45, 2.75) is 19.4 Å². The second kappa shape index (κ2) is 7.96. The molecule has 1 aliphatic heterocycles. The van der Waals surface area contributed by atoms with Gasteiger partial charge in [0.05, 0.1) is 10.2 Å². The van der Waals surface area contributed by atoms with Crippen LogP contribution >= 0.6 is 15.9 Å². The molecule has 1 fully saturated rings. The third-order valence-electron chi connectivity index (χ3n) is 4.78. The predicted molar refractivity (Wildman–Crippen MR) is 106 cm³/mol. The Labute approximate surface area is 165 Å². The van der Waals surface area contributed by atoms with E-state index in [9.17, 15) is 4.79 Å². The largest absolute Gasteiger partial charge is 0.341 e. The van der Waals surface area contributed by atoms with Crippen LogP contribution in [0.2, 0.25) is 0 Å². The van der Waals surface area contributed by atoms with Crippen molar-refractivity contribution >= 4 is 21.9 Å². The van der Waals surface area contributed by atoms with Gasteiger partial charge < -0.3 is 4.90 Å². The van der Waals surface area contributed by atoms with Gasteiger partial charge in [-0.2, -0.15) is 5.10 Å². The first-order chi connectivity index (χ1) is 13.2. The number of piperidine rings is 1. The molecule has 4 heterocycles. The molecular weight excluding hydrogens is 408 g/mol. The van der Waals surface area contributed by atoms with Crippen molar-refractivity contribution in [1.29, 1.82) is 0 Å². The molecule has 0 saturated carbocycles. The molecule has 0 unspecified atom stereocenters. The highest BCUT2D eigenvalue weighted by atomic mass is 79.9. The minimum Gasteiger partial charge on any atom is -0.341 e. The zero-order valence-electron chi connectivity index (χ0n) is 14.7. The lowest BCUT2D eigenvalue weighted by Gasteiger charge is -2.31. The molecule has 27 heavy (non-hydrogen) atoms. The van der Waals surface area contributed by atoms with Crippen molar-refractivity contribution in [3.05, 3.63) is 63.9 Å². The standard InChI is InChI=1S/C19H19BrN6O/c20-16-11-22-19(23-12-16)25-9-5-14(6-10-25)13-26-18(27)2-1-17(24-26)15-3-7-21-8-4-15/h1-4,7-8,11-12,14H,5-6,9-10,13H2. The van der Waals surface area contributed by atoms with E-state index >= 15 is 0 Å². The molecule has 0 amide bonds. The van der Waals surface area contributed by atoms with Crippen molar-refractivity contribution in [1.82, 2.24) is 24.7 Å². The van der Waals surface area contributed by atoms with E-state index in [0.717, 1.165) is 47.6 Å². The SMILES string of the molecule is O=c1ccc(-c2ccncc2)nn1CC1CCN(c2ncc(Br)cn2)CC1. The molecule has 1 saturated heterocycles. The Bertz CT molecular complexity index is 952. The van der Waals surface area contributed by atoms with Crippen LogP contribution in [0.3, 0.4) is 0 Å². The lowest BCUT2D eigenvalue weighted by molar-refractivity contribution is 0.334. The van der Waals surface area contributed by atoms with Crippen molar-refractivity contribution in [2.24, 2.45) is 5.92 Å². The average molecular weight is 427 g/mol. The Morgan fingerprint density at radius 1 is 1.04 bits per heavy atom. The second-order valence-corrected chi connectivity index (χ2v) is 7.52. The Hall–Kier alpha value is -2.61. The summed E-state index contributed by atoms with van der Waals surface area (Å²) in [4.78, 5) is 27.2. The van der Waals surface area contributed by atoms with Crippen LogP contribution in [0.1, 0.15) is 12.8 Å². The zero-order valence-corrected chi connectivity index (χ0v) is 16.3. The van der Waals surface area contributed by atoms with Gasteiger partial charge in [-0.1, -0.05) is 0 Å². The molecule has 0 aromatic carbocycles. The van der Waals surface area contributed by atoms with E-state index in [0.29, 0.717) is 12.5 Å². The number of pyridine rings is 1. The van der Waals surface area contributed by atoms with E-state index in [1.165, 1.54) is 0 Å². The number of nitrogens with zero attached hydrogens (tertiary/aromatic N) is 6. The monoisotopic (exact) mass is 426 g/mol. The number of rotatable bonds is 4. The fourth-order valence-electron chi connectivity index (χ4n) is 3.29. The summed E-state index contributed by atoms with van der Waals surface area (Å²) in [6, 6.07) is 7.15. The Morgan fingerprint density at radius 2 is 1.74 bits per heavy atom. The number of anilines is 1. The van der Waals surface area contributed by atoms with Crippen molar-refractivity contribution in [3.8, 4) is 11.3 Å². The number of halogens is 1. The van der Waals surface area contributed by atoms with Gasteiger partial charge in [-0.25, -0.2) is 14.6 Å². The van der Waals surface area contributed by atoms with Gasteiger partial charge >= 0.3 is 0 Å².